The number of nitrogens with one attached hydrogen (secondary N) is 1. The van der Waals surface area contributed by atoms with Crippen molar-refractivity contribution < 1.29 is 33.4 Å². The Kier molecular flexibility index (Phi) is 11.8. The van der Waals surface area contributed by atoms with Gasteiger partial charge in [0.25, 0.3) is 6.01 Å². The summed E-state index contributed by atoms with van der Waals surface area (Å²) < 4.78 is 21.6. The predicted octanol–water partition coefficient (Wildman–Crippen LogP) is 7.22. The van der Waals surface area contributed by atoms with Crippen molar-refractivity contribution in [2.45, 2.75) is 143 Å². The number of hydrogen-bond acceptors (Lipinski definition) is 9. The third kappa shape index (κ3) is 8.75. The molecule has 55 heavy (non-hydrogen) atoms. The highest BCUT2D eigenvalue weighted by atomic mass is 16.6. The summed E-state index contributed by atoms with van der Waals surface area (Å²) >= 11 is 0. The molecule has 298 valence electrons. The molecule has 0 spiro atoms. The van der Waals surface area contributed by atoms with E-state index in [0.717, 1.165) is 41.7 Å². The van der Waals surface area contributed by atoms with E-state index in [4.69, 9.17) is 24.3 Å². The van der Waals surface area contributed by atoms with Gasteiger partial charge in [-0.2, -0.15) is 10.1 Å². The number of hydrogen-bond donors (Lipinski definition) is 1. The summed E-state index contributed by atoms with van der Waals surface area (Å²) in [5, 5.41) is 7.62. The van der Waals surface area contributed by atoms with Gasteiger partial charge >= 0.3 is 12.1 Å². The van der Waals surface area contributed by atoms with Crippen LogP contribution in [0.4, 0.5) is 4.79 Å². The Morgan fingerprint density at radius 1 is 1.07 bits per heavy atom. The average molecular weight is 759 g/mol. The molecule has 1 saturated carbocycles. The lowest BCUT2D eigenvalue weighted by atomic mass is 9.91. The summed E-state index contributed by atoms with van der Waals surface area (Å²) in [4.78, 5) is 62.1. The number of carbonyl (C=O) groups excluding carboxylic acids is 4. The topological polar surface area (TPSA) is 147 Å². The minimum absolute atomic E-state index is 0.0269. The minimum Gasteiger partial charge on any atom is -0.466 e. The first-order valence-corrected chi connectivity index (χ1v) is 20.0. The molecular weight excluding hydrogens is 700 g/mol. The maximum absolute atomic E-state index is 14.6. The van der Waals surface area contributed by atoms with E-state index in [-0.39, 0.29) is 61.5 Å². The molecule has 1 saturated heterocycles. The number of rotatable bonds is 8. The van der Waals surface area contributed by atoms with E-state index in [0.29, 0.717) is 25.3 Å². The summed E-state index contributed by atoms with van der Waals surface area (Å²) in [6, 6.07) is 6.51. The average Bonchev–Trinajstić information content (AvgIpc) is 3.48. The maximum atomic E-state index is 14.6. The van der Waals surface area contributed by atoms with E-state index in [2.05, 4.69) is 45.2 Å². The Labute approximate surface area is 324 Å². The Bertz CT molecular complexity index is 1920. The summed E-state index contributed by atoms with van der Waals surface area (Å²) in [7, 11) is 0. The van der Waals surface area contributed by atoms with Crippen molar-refractivity contribution in [3.05, 3.63) is 48.3 Å². The molecule has 2 fully saturated rings. The molecule has 0 bridgehead atoms. The second-order valence-corrected chi connectivity index (χ2v) is 16.9. The number of alkyl carbamates (subject to hydrolysis) is 1. The van der Waals surface area contributed by atoms with Gasteiger partial charge in [-0.25, -0.2) is 9.48 Å². The van der Waals surface area contributed by atoms with E-state index < -0.39 is 35.3 Å². The lowest BCUT2D eigenvalue weighted by molar-refractivity contribution is -0.152. The first kappa shape index (κ1) is 40.0. The van der Waals surface area contributed by atoms with Crippen molar-refractivity contribution in [2.75, 3.05) is 13.2 Å². The lowest BCUT2D eigenvalue weighted by Gasteiger charge is -2.30. The number of Topliss-reactive ketones (excluding diaryl/α,β-unsaturated/α-hetero) is 1. The summed E-state index contributed by atoms with van der Waals surface area (Å²) in [6.07, 6.45) is 9.09. The van der Waals surface area contributed by atoms with Crippen molar-refractivity contribution >= 4 is 34.8 Å². The fourth-order valence-corrected chi connectivity index (χ4v) is 7.96. The molecule has 13 nitrogen and oxygen atoms in total. The molecule has 5 atom stereocenters. The zero-order valence-corrected chi connectivity index (χ0v) is 33.7. The Morgan fingerprint density at radius 3 is 2.55 bits per heavy atom. The Morgan fingerprint density at radius 2 is 1.85 bits per heavy atom. The molecule has 4 heterocycles. The quantitative estimate of drug-likeness (QED) is 0.186. The molecule has 6 rings (SSSR count). The highest BCUT2D eigenvalue weighted by molar-refractivity contribution is 5.96. The lowest BCUT2D eigenvalue weighted by Crippen LogP contribution is -2.52. The van der Waals surface area contributed by atoms with Gasteiger partial charge in [-0.3, -0.25) is 19.0 Å². The van der Waals surface area contributed by atoms with Crippen LogP contribution in [0.1, 0.15) is 124 Å². The number of allylic oxidation sites excluding steroid dienone is 2. The molecule has 1 aliphatic carbocycles. The molecule has 13 heteroatoms. The molecule has 2 aromatic heterocycles. The fourth-order valence-electron chi connectivity index (χ4n) is 7.96. The zero-order valence-electron chi connectivity index (χ0n) is 33.7. The highest BCUT2D eigenvalue weighted by Crippen LogP contribution is 2.57. The van der Waals surface area contributed by atoms with Crippen LogP contribution in [0.3, 0.4) is 0 Å². The number of aromatic nitrogens is 4. The van der Waals surface area contributed by atoms with Gasteiger partial charge < -0.3 is 24.4 Å². The SMILES string of the molecule is CCOC(=O)[C@]12CC(=O)[C@@H]3C[C@@H](Oc4nc5c(-n6ccc(C(C)C)n6)cccc5n4C(C)C)CN3C(=O)[C@@H](NC(=O)OC(C)(C)C)CCCCC/C=C\[C@@H]1C2. The number of carbonyl (C=O) groups is 4. The number of imidazole rings is 1. The third-order valence-corrected chi connectivity index (χ3v) is 10.8. The maximum Gasteiger partial charge on any atom is 0.408 e. The van der Waals surface area contributed by atoms with Gasteiger partial charge in [-0.1, -0.05) is 44.9 Å². The molecular formula is C42H58N6O7. The standard InChI is InChI=1S/C42H58N6O7/c1-9-53-38(51)42-23-28(42)16-13-11-10-12-14-17-31(43-40(52)55-41(6,7)8)37(50)46-25-29(22-34(46)35(49)24-42)54-39-44-36-32(47-21-20-30(45-47)26(2)3)18-15-19-33(36)48(39)27(4)5/h13,15-16,18-21,26-29,31,34H,9-12,14,17,22-25H2,1-8H3,(H,43,52)/b16-13-/t28-,29-,31+,34+,42-/m1/s1. The number of esters is 1. The van der Waals surface area contributed by atoms with E-state index in [1.807, 2.05) is 39.7 Å². The number of ketones is 1. The first-order chi connectivity index (χ1) is 26.1. The molecule has 0 radical (unpaired) electrons. The third-order valence-electron chi connectivity index (χ3n) is 10.8. The molecule has 3 aromatic rings. The fraction of sp³-hybridized carbons (Fsp3) is 0.619. The first-order valence-electron chi connectivity index (χ1n) is 20.0. The van der Waals surface area contributed by atoms with Gasteiger partial charge in [0.15, 0.2) is 5.78 Å². The number of benzene rings is 1. The second-order valence-electron chi connectivity index (χ2n) is 16.9. The van der Waals surface area contributed by atoms with Crippen molar-refractivity contribution in [1.29, 1.82) is 0 Å². The van der Waals surface area contributed by atoms with Gasteiger partial charge in [0, 0.05) is 25.1 Å². The van der Waals surface area contributed by atoms with E-state index in [1.54, 1.807) is 32.6 Å². The predicted molar refractivity (Wildman–Crippen MR) is 208 cm³/mol. The van der Waals surface area contributed by atoms with E-state index >= 15 is 0 Å². The number of ether oxygens (including phenoxy) is 3. The van der Waals surface area contributed by atoms with Gasteiger partial charge in [0.05, 0.1) is 41.5 Å². The van der Waals surface area contributed by atoms with Crippen LogP contribution in [0.15, 0.2) is 42.6 Å². The molecule has 1 N–H and O–H groups in total. The van der Waals surface area contributed by atoms with Crippen LogP contribution in [-0.4, -0.2) is 84.9 Å². The highest BCUT2D eigenvalue weighted by Gasteiger charge is 2.61. The molecule has 1 aromatic carbocycles. The number of para-hydroxylation sites is 1. The summed E-state index contributed by atoms with van der Waals surface area (Å²) in [5.41, 5.74) is 1.65. The Balaban J connectivity index is 1.34. The normalized spacial score (nSPS) is 25.6. The second kappa shape index (κ2) is 16.2. The summed E-state index contributed by atoms with van der Waals surface area (Å²) in [6.45, 7) is 15.7. The monoisotopic (exact) mass is 758 g/mol. The largest absolute Gasteiger partial charge is 0.466 e. The van der Waals surface area contributed by atoms with Crippen LogP contribution in [0.25, 0.3) is 16.7 Å². The van der Waals surface area contributed by atoms with E-state index in [9.17, 15) is 19.2 Å². The summed E-state index contributed by atoms with van der Waals surface area (Å²) in [5.74, 6) is -0.823. The van der Waals surface area contributed by atoms with Crippen molar-refractivity contribution in [2.24, 2.45) is 11.3 Å². The van der Waals surface area contributed by atoms with Gasteiger partial charge in [-0.05, 0) is 97.3 Å². The number of amides is 2. The molecule has 2 amide bonds. The number of fused-ring (bicyclic) bond motifs is 3. The van der Waals surface area contributed by atoms with Crippen LogP contribution < -0.4 is 10.1 Å². The van der Waals surface area contributed by atoms with Crippen molar-refractivity contribution in [3.8, 4) is 11.7 Å². The Hall–Kier alpha value is -4.68. The molecule has 0 unspecified atom stereocenters. The van der Waals surface area contributed by atoms with Crippen molar-refractivity contribution in [1.82, 2.24) is 29.5 Å². The smallest absolute Gasteiger partial charge is 0.408 e. The van der Waals surface area contributed by atoms with Crippen LogP contribution in [-0.2, 0) is 23.9 Å². The van der Waals surface area contributed by atoms with Crippen molar-refractivity contribution in [3.63, 3.8) is 0 Å². The molecule has 2 aliphatic heterocycles. The minimum atomic E-state index is -0.963. The number of nitrogens with zero attached hydrogens (tertiary/aromatic N) is 5. The van der Waals surface area contributed by atoms with Gasteiger partial charge in [0.2, 0.25) is 5.91 Å². The zero-order chi connectivity index (χ0) is 39.7. The van der Waals surface area contributed by atoms with Crippen LogP contribution >= 0.6 is 0 Å². The van der Waals surface area contributed by atoms with Gasteiger partial charge in [-0.15, -0.1) is 0 Å². The van der Waals surface area contributed by atoms with Gasteiger partial charge in [0.1, 0.15) is 23.3 Å². The van der Waals surface area contributed by atoms with E-state index in [1.165, 1.54) is 0 Å². The van der Waals surface area contributed by atoms with Crippen LogP contribution in [0.5, 0.6) is 6.01 Å². The molecule has 3 aliphatic rings. The van der Waals surface area contributed by atoms with Crippen LogP contribution in [0, 0.1) is 11.3 Å². The van der Waals surface area contributed by atoms with Crippen LogP contribution in [0.2, 0.25) is 0 Å².